The first-order chi connectivity index (χ1) is 6.43. The molecule has 0 bridgehead atoms. The summed E-state index contributed by atoms with van der Waals surface area (Å²) in [5.41, 5.74) is 1.27. The Balaban J connectivity index is 3.42. The van der Waals surface area contributed by atoms with Gasteiger partial charge in [0.15, 0.2) is 0 Å². The average molecular weight is 214 g/mol. The molecule has 1 aromatic rings. The number of nitrogens with zero attached hydrogens (tertiary/aromatic N) is 1. The molecule has 0 aromatic heterocycles. The van der Waals surface area contributed by atoms with Crippen molar-refractivity contribution in [1.82, 2.24) is 0 Å². The van der Waals surface area contributed by atoms with Crippen LogP contribution in [0.3, 0.4) is 0 Å². The van der Waals surface area contributed by atoms with Crippen LogP contribution in [-0.2, 0) is 0 Å². The zero-order valence-corrected chi connectivity index (χ0v) is 8.46. The Labute approximate surface area is 85.6 Å². The molecule has 0 unspecified atom stereocenters. The Morgan fingerprint density at radius 2 is 1.93 bits per heavy atom. The molecular weight excluding hydrogens is 206 g/mol. The Bertz CT molecular complexity index is 380. The Morgan fingerprint density at radius 1 is 1.36 bits per heavy atom. The summed E-state index contributed by atoms with van der Waals surface area (Å²) in [5, 5.41) is 9.88. The zero-order valence-electron chi connectivity index (χ0n) is 7.70. The van der Waals surface area contributed by atoms with Gasteiger partial charge in [-0.2, -0.15) is 0 Å². The second-order valence-corrected chi connectivity index (χ2v) is 3.33. The number of aryl methyl sites for hydroxylation is 2. The van der Waals surface area contributed by atoms with Crippen LogP contribution in [0.4, 0.5) is 5.69 Å². The molecule has 0 aliphatic rings. The first-order valence-electron chi connectivity index (χ1n) is 3.89. The van der Waals surface area contributed by atoms with Crippen LogP contribution >= 0.6 is 11.6 Å². The van der Waals surface area contributed by atoms with E-state index in [9.17, 15) is 14.9 Å². The molecule has 5 heteroatoms. The van der Waals surface area contributed by atoms with Gasteiger partial charge in [-0.3, -0.25) is 14.9 Å². The smallest absolute Gasteiger partial charge is 0.273 e. The van der Waals surface area contributed by atoms with Crippen LogP contribution in [0.5, 0.6) is 0 Å². The molecule has 0 amide bonds. The number of nitro benzene ring substituents is 1. The third kappa shape index (κ3) is 1.90. The molecule has 0 heterocycles. The molecule has 0 radical (unpaired) electrons. The van der Waals surface area contributed by atoms with Crippen LogP contribution in [0, 0.1) is 24.0 Å². The number of nitro groups is 1. The predicted molar refractivity (Wildman–Crippen MR) is 52.8 cm³/mol. The fourth-order valence-electron chi connectivity index (χ4n) is 1.25. The summed E-state index contributed by atoms with van der Waals surface area (Å²) in [6, 6.07) is 2.79. The lowest BCUT2D eigenvalue weighted by Gasteiger charge is -2.02. The van der Waals surface area contributed by atoms with E-state index in [0.717, 1.165) is 0 Å². The quantitative estimate of drug-likeness (QED) is 0.431. The van der Waals surface area contributed by atoms with Crippen molar-refractivity contribution in [3.05, 3.63) is 38.9 Å². The molecule has 14 heavy (non-hydrogen) atoms. The van der Waals surface area contributed by atoms with Gasteiger partial charge >= 0.3 is 0 Å². The van der Waals surface area contributed by atoms with Gasteiger partial charge in [0.05, 0.1) is 4.92 Å². The second-order valence-electron chi connectivity index (χ2n) is 2.98. The lowest BCUT2D eigenvalue weighted by molar-refractivity contribution is -0.385. The van der Waals surface area contributed by atoms with Crippen LogP contribution in [0.15, 0.2) is 12.1 Å². The first kappa shape index (κ1) is 10.7. The van der Waals surface area contributed by atoms with Gasteiger partial charge < -0.3 is 0 Å². The third-order valence-electron chi connectivity index (χ3n) is 1.95. The maximum Gasteiger partial charge on any atom is 0.273 e. The van der Waals surface area contributed by atoms with Gasteiger partial charge in [0, 0.05) is 17.2 Å². The van der Waals surface area contributed by atoms with Crippen LogP contribution < -0.4 is 0 Å². The number of halogens is 1. The normalized spacial score (nSPS) is 9.93. The predicted octanol–water partition coefficient (Wildman–Crippen LogP) is 2.59. The summed E-state index contributed by atoms with van der Waals surface area (Å²) in [6.45, 7) is 3.31. The van der Waals surface area contributed by atoms with Crippen LogP contribution in [-0.4, -0.2) is 10.2 Å². The summed E-state index contributed by atoms with van der Waals surface area (Å²) in [6.07, 6.45) is 0. The highest BCUT2D eigenvalue weighted by molar-refractivity contribution is 6.68. The topological polar surface area (TPSA) is 60.2 Å². The van der Waals surface area contributed by atoms with Gasteiger partial charge in [0.25, 0.3) is 10.9 Å². The minimum absolute atomic E-state index is 0.0837. The van der Waals surface area contributed by atoms with Crippen molar-refractivity contribution in [1.29, 1.82) is 0 Å². The molecule has 0 saturated heterocycles. The summed E-state index contributed by atoms with van der Waals surface area (Å²) < 4.78 is 0. The lowest BCUT2D eigenvalue weighted by atomic mass is 10.0. The van der Waals surface area contributed by atoms with Crippen molar-refractivity contribution >= 4 is 22.5 Å². The molecule has 1 aromatic carbocycles. The third-order valence-corrected chi connectivity index (χ3v) is 2.15. The van der Waals surface area contributed by atoms with E-state index in [0.29, 0.717) is 11.1 Å². The van der Waals surface area contributed by atoms with Crippen molar-refractivity contribution in [2.75, 3.05) is 0 Å². The van der Waals surface area contributed by atoms with E-state index < -0.39 is 10.2 Å². The van der Waals surface area contributed by atoms with Crippen LogP contribution in [0.25, 0.3) is 0 Å². The van der Waals surface area contributed by atoms with E-state index in [1.54, 1.807) is 19.9 Å². The number of hydrogen-bond acceptors (Lipinski definition) is 3. The molecule has 4 nitrogen and oxygen atoms in total. The SMILES string of the molecule is Cc1cc(C)c([N+](=O)[O-])cc1C(=O)Cl. The minimum atomic E-state index is -0.675. The van der Waals surface area contributed by atoms with Gasteiger partial charge in [0.1, 0.15) is 0 Å². The summed E-state index contributed by atoms with van der Waals surface area (Å²) >= 11 is 5.28. The molecule has 0 fully saturated rings. The Kier molecular flexibility index (Phi) is 2.86. The number of carbonyl (C=O) groups excluding carboxylic acids is 1. The highest BCUT2D eigenvalue weighted by atomic mass is 35.5. The zero-order chi connectivity index (χ0) is 10.9. The summed E-state index contributed by atoms with van der Waals surface area (Å²) in [7, 11) is 0. The van der Waals surface area contributed by atoms with E-state index in [-0.39, 0.29) is 11.3 Å². The molecule has 0 aliphatic heterocycles. The van der Waals surface area contributed by atoms with E-state index in [1.165, 1.54) is 6.07 Å². The largest absolute Gasteiger partial charge is 0.276 e. The molecule has 0 atom stereocenters. The van der Waals surface area contributed by atoms with Gasteiger partial charge in [-0.1, -0.05) is 0 Å². The van der Waals surface area contributed by atoms with Crippen molar-refractivity contribution in [3.63, 3.8) is 0 Å². The molecule has 0 saturated carbocycles. The summed E-state index contributed by atoms with van der Waals surface area (Å²) in [5.74, 6) is 0. The van der Waals surface area contributed by atoms with E-state index in [1.807, 2.05) is 0 Å². The van der Waals surface area contributed by atoms with E-state index in [2.05, 4.69) is 0 Å². The highest BCUT2D eigenvalue weighted by Crippen LogP contribution is 2.23. The Hall–Kier alpha value is -1.42. The fraction of sp³-hybridized carbons (Fsp3) is 0.222. The van der Waals surface area contributed by atoms with Crippen LogP contribution in [0.2, 0.25) is 0 Å². The monoisotopic (exact) mass is 213 g/mol. The molecule has 1 rings (SSSR count). The van der Waals surface area contributed by atoms with Gasteiger partial charge in [0.2, 0.25) is 0 Å². The molecular formula is C9H8ClNO3. The summed E-state index contributed by atoms with van der Waals surface area (Å²) in [4.78, 5) is 20.9. The number of carbonyl (C=O) groups is 1. The van der Waals surface area contributed by atoms with Crippen molar-refractivity contribution in [2.24, 2.45) is 0 Å². The van der Waals surface area contributed by atoms with Gasteiger partial charge in [-0.15, -0.1) is 0 Å². The van der Waals surface area contributed by atoms with Crippen LogP contribution in [0.1, 0.15) is 21.5 Å². The number of hydrogen-bond donors (Lipinski definition) is 0. The second kappa shape index (κ2) is 3.75. The van der Waals surface area contributed by atoms with Crippen molar-refractivity contribution in [2.45, 2.75) is 13.8 Å². The maximum atomic E-state index is 10.9. The standard InChI is InChI=1S/C9H8ClNO3/c1-5-3-6(2)8(11(13)14)4-7(5)9(10)12/h3-4H,1-2H3. The van der Waals surface area contributed by atoms with Crippen molar-refractivity contribution in [3.8, 4) is 0 Å². The van der Waals surface area contributed by atoms with Gasteiger partial charge in [-0.05, 0) is 37.1 Å². The molecule has 0 N–H and O–H groups in total. The first-order valence-corrected chi connectivity index (χ1v) is 4.26. The molecule has 0 aliphatic carbocycles. The maximum absolute atomic E-state index is 10.9. The fourth-order valence-corrected chi connectivity index (χ4v) is 1.45. The minimum Gasteiger partial charge on any atom is -0.276 e. The number of rotatable bonds is 2. The van der Waals surface area contributed by atoms with E-state index in [4.69, 9.17) is 11.6 Å². The molecule has 74 valence electrons. The van der Waals surface area contributed by atoms with Gasteiger partial charge in [-0.25, -0.2) is 0 Å². The number of benzene rings is 1. The average Bonchev–Trinajstić information content (AvgIpc) is 2.02. The Morgan fingerprint density at radius 3 is 2.36 bits per heavy atom. The van der Waals surface area contributed by atoms with Crippen molar-refractivity contribution < 1.29 is 9.72 Å². The lowest BCUT2D eigenvalue weighted by Crippen LogP contribution is -1.99. The highest BCUT2D eigenvalue weighted by Gasteiger charge is 2.16. The molecule has 0 spiro atoms. The van der Waals surface area contributed by atoms with E-state index >= 15 is 0 Å².